The fourth-order valence-corrected chi connectivity index (χ4v) is 5.74. The van der Waals surface area contributed by atoms with Crippen molar-refractivity contribution in [1.82, 2.24) is 4.57 Å². The zero-order valence-electron chi connectivity index (χ0n) is 18.3. The number of aromatic nitrogens is 1. The van der Waals surface area contributed by atoms with E-state index in [1.807, 2.05) is 12.1 Å². The topological polar surface area (TPSA) is 118 Å². The van der Waals surface area contributed by atoms with Gasteiger partial charge in [0.2, 0.25) is 11.6 Å². The van der Waals surface area contributed by atoms with E-state index < -0.39 is 23.0 Å². The SMILES string of the molecule is Cn1c2c(c3ccccc31)C(=O)c1c(O)c3c(c(O)c1C2=O)CC(O)(C1(C)OCCO1)CC3. The Morgan fingerprint density at radius 2 is 1.58 bits per heavy atom. The molecular weight excluding hydrogens is 426 g/mol. The highest BCUT2D eigenvalue weighted by Gasteiger charge is 2.54. The van der Waals surface area contributed by atoms with Gasteiger partial charge in [-0.2, -0.15) is 0 Å². The van der Waals surface area contributed by atoms with Crippen LogP contribution in [-0.2, 0) is 29.4 Å². The molecule has 1 atom stereocenters. The molecule has 2 heterocycles. The normalized spacial score (nSPS) is 23.5. The number of phenols is 2. The number of rotatable bonds is 1. The van der Waals surface area contributed by atoms with Crippen LogP contribution < -0.4 is 0 Å². The van der Waals surface area contributed by atoms with E-state index >= 15 is 0 Å². The zero-order valence-corrected chi connectivity index (χ0v) is 18.3. The Hall–Kier alpha value is -3.20. The summed E-state index contributed by atoms with van der Waals surface area (Å²) in [4.78, 5) is 27.2. The van der Waals surface area contributed by atoms with Gasteiger partial charge in [0.05, 0.1) is 29.9 Å². The third kappa shape index (κ3) is 2.40. The number of para-hydroxylation sites is 1. The van der Waals surface area contributed by atoms with E-state index in [4.69, 9.17) is 9.47 Å². The molecule has 3 N–H and O–H groups in total. The Bertz CT molecular complexity index is 1400. The number of benzene rings is 2. The number of aliphatic hydroxyl groups is 1. The summed E-state index contributed by atoms with van der Waals surface area (Å²) in [6.07, 6.45) is 0.295. The lowest BCUT2D eigenvalue weighted by Gasteiger charge is -2.44. The highest BCUT2D eigenvalue weighted by molar-refractivity contribution is 6.34. The second-order valence-corrected chi connectivity index (χ2v) is 9.21. The van der Waals surface area contributed by atoms with Gasteiger partial charge >= 0.3 is 0 Å². The maximum absolute atomic E-state index is 13.6. The third-order valence-corrected chi connectivity index (χ3v) is 7.60. The summed E-state index contributed by atoms with van der Waals surface area (Å²) < 4.78 is 13.0. The van der Waals surface area contributed by atoms with Crippen molar-refractivity contribution in [3.05, 3.63) is 57.8 Å². The van der Waals surface area contributed by atoms with Gasteiger partial charge in [0.25, 0.3) is 0 Å². The number of carbonyl (C=O) groups excluding carboxylic acids is 2. The number of fused-ring (bicyclic) bond motifs is 5. The van der Waals surface area contributed by atoms with E-state index in [-0.39, 0.29) is 58.7 Å². The van der Waals surface area contributed by atoms with Gasteiger partial charge in [-0.05, 0) is 25.8 Å². The molecule has 0 amide bonds. The second-order valence-electron chi connectivity index (χ2n) is 9.21. The van der Waals surface area contributed by atoms with Gasteiger partial charge < -0.3 is 29.4 Å². The number of aryl methyl sites for hydroxylation is 1. The molecule has 1 unspecified atom stereocenters. The first-order valence-corrected chi connectivity index (χ1v) is 11.0. The van der Waals surface area contributed by atoms with Crippen molar-refractivity contribution in [3.63, 3.8) is 0 Å². The lowest BCUT2D eigenvalue weighted by molar-refractivity contribution is -0.262. The van der Waals surface area contributed by atoms with Crippen molar-refractivity contribution >= 4 is 22.5 Å². The summed E-state index contributed by atoms with van der Waals surface area (Å²) >= 11 is 0. The van der Waals surface area contributed by atoms with Crippen LogP contribution in [-0.4, -0.2) is 56.1 Å². The van der Waals surface area contributed by atoms with Gasteiger partial charge in [0.15, 0.2) is 5.79 Å². The molecule has 8 heteroatoms. The molecule has 0 bridgehead atoms. The summed E-state index contributed by atoms with van der Waals surface area (Å²) in [5, 5.41) is 34.5. The molecule has 0 saturated carbocycles. The second kappa shape index (κ2) is 6.44. The standard InChI is InChI=1S/C25H23NO7/c1-24(32-9-10-33-24)25(31)8-7-12-14(11-25)21(28)18-17(20(12)27)22(29)16-13-5-3-4-6-15(13)26(2)19(16)23(18)30/h3-6,27-28,31H,7-11H2,1-2H3. The van der Waals surface area contributed by atoms with E-state index in [2.05, 4.69) is 0 Å². The fourth-order valence-electron chi connectivity index (χ4n) is 5.74. The minimum Gasteiger partial charge on any atom is -0.507 e. The molecule has 3 aliphatic rings. The van der Waals surface area contributed by atoms with Gasteiger partial charge in [-0.1, -0.05) is 18.2 Å². The highest BCUT2D eigenvalue weighted by Crippen LogP contribution is 2.50. The molecule has 2 aliphatic carbocycles. The van der Waals surface area contributed by atoms with Crippen LogP contribution in [0, 0.1) is 0 Å². The number of aromatic hydroxyl groups is 2. The van der Waals surface area contributed by atoms with Crippen LogP contribution >= 0.6 is 0 Å². The zero-order chi connectivity index (χ0) is 23.3. The summed E-state index contributed by atoms with van der Waals surface area (Å²) in [7, 11) is 1.70. The van der Waals surface area contributed by atoms with E-state index in [0.29, 0.717) is 29.7 Å². The fraction of sp³-hybridized carbons (Fsp3) is 0.360. The molecular formula is C25H23NO7. The minimum atomic E-state index is -1.47. The van der Waals surface area contributed by atoms with Crippen molar-refractivity contribution in [1.29, 1.82) is 0 Å². The van der Waals surface area contributed by atoms with Gasteiger partial charge in [-0.3, -0.25) is 9.59 Å². The Labute approximate surface area is 189 Å². The predicted octanol–water partition coefficient (Wildman–Crippen LogP) is 2.35. The van der Waals surface area contributed by atoms with Crippen molar-refractivity contribution in [3.8, 4) is 11.5 Å². The molecule has 3 aromatic rings. The Balaban J connectivity index is 1.58. The molecule has 1 fully saturated rings. The lowest BCUT2D eigenvalue weighted by Crippen LogP contribution is -2.56. The molecule has 0 radical (unpaired) electrons. The van der Waals surface area contributed by atoms with Gasteiger partial charge in [-0.25, -0.2) is 0 Å². The first-order valence-electron chi connectivity index (χ1n) is 11.0. The summed E-state index contributed by atoms with van der Waals surface area (Å²) in [6.45, 7) is 2.32. The van der Waals surface area contributed by atoms with Crippen LogP contribution in [0.1, 0.15) is 56.4 Å². The van der Waals surface area contributed by atoms with Crippen LogP contribution in [0.4, 0.5) is 0 Å². The minimum absolute atomic E-state index is 0.0883. The third-order valence-electron chi connectivity index (χ3n) is 7.60. The Morgan fingerprint density at radius 3 is 2.30 bits per heavy atom. The van der Waals surface area contributed by atoms with Crippen LogP contribution in [0.25, 0.3) is 10.9 Å². The maximum atomic E-state index is 13.6. The summed E-state index contributed by atoms with van der Waals surface area (Å²) in [6, 6.07) is 7.18. The van der Waals surface area contributed by atoms with Crippen molar-refractivity contribution < 1.29 is 34.4 Å². The average Bonchev–Trinajstić information content (AvgIpc) is 3.38. The van der Waals surface area contributed by atoms with Crippen LogP contribution in [0.3, 0.4) is 0 Å². The Morgan fingerprint density at radius 1 is 0.939 bits per heavy atom. The summed E-state index contributed by atoms with van der Waals surface area (Å²) in [5.41, 5.74) is -0.162. The van der Waals surface area contributed by atoms with E-state index in [1.165, 1.54) is 0 Å². The van der Waals surface area contributed by atoms with E-state index in [1.54, 1.807) is 30.7 Å². The number of carbonyl (C=O) groups is 2. The quantitative estimate of drug-likeness (QED) is 0.382. The molecule has 170 valence electrons. The highest BCUT2D eigenvalue weighted by atomic mass is 16.7. The molecule has 2 aromatic carbocycles. The van der Waals surface area contributed by atoms with E-state index in [9.17, 15) is 24.9 Å². The van der Waals surface area contributed by atoms with Crippen molar-refractivity contribution in [2.75, 3.05) is 13.2 Å². The number of ketones is 2. The first-order chi connectivity index (χ1) is 15.7. The van der Waals surface area contributed by atoms with Crippen molar-refractivity contribution in [2.24, 2.45) is 7.05 Å². The molecule has 6 rings (SSSR count). The number of hydrogen-bond acceptors (Lipinski definition) is 7. The Kier molecular flexibility index (Phi) is 3.98. The van der Waals surface area contributed by atoms with Gasteiger partial charge in [-0.15, -0.1) is 0 Å². The molecule has 33 heavy (non-hydrogen) atoms. The van der Waals surface area contributed by atoms with Gasteiger partial charge in [0, 0.05) is 35.5 Å². The average molecular weight is 449 g/mol. The molecule has 8 nitrogen and oxygen atoms in total. The molecule has 1 aromatic heterocycles. The lowest BCUT2D eigenvalue weighted by atomic mass is 9.72. The first kappa shape index (κ1) is 20.4. The monoisotopic (exact) mass is 449 g/mol. The smallest absolute Gasteiger partial charge is 0.214 e. The maximum Gasteiger partial charge on any atom is 0.214 e. The van der Waals surface area contributed by atoms with Crippen molar-refractivity contribution in [2.45, 2.75) is 37.6 Å². The molecule has 0 spiro atoms. The number of phenolic OH excluding ortho intramolecular Hbond substituents is 2. The molecule has 1 saturated heterocycles. The van der Waals surface area contributed by atoms with Gasteiger partial charge in [0.1, 0.15) is 22.8 Å². The predicted molar refractivity (Wildman–Crippen MR) is 117 cm³/mol. The number of ether oxygens (including phenoxy) is 2. The van der Waals surface area contributed by atoms with Crippen LogP contribution in [0.15, 0.2) is 24.3 Å². The molecule has 1 aliphatic heterocycles. The van der Waals surface area contributed by atoms with Crippen LogP contribution in [0.5, 0.6) is 11.5 Å². The van der Waals surface area contributed by atoms with E-state index in [0.717, 1.165) is 0 Å². The van der Waals surface area contributed by atoms with Crippen LogP contribution in [0.2, 0.25) is 0 Å². The summed E-state index contributed by atoms with van der Waals surface area (Å²) in [5.74, 6) is -3.00. The number of nitrogens with zero attached hydrogens (tertiary/aromatic N) is 1. The number of hydrogen-bond donors (Lipinski definition) is 3. The largest absolute Gasteiger partial charge is 0.507 e.